The molecular formula is C26H24O3. The van der Waals surface area contributed by atoms with Crippen LogP contribution in [0.15, 0.2) is 66.7 Å². The number of benzene rings is 3. The van der Waals surface area contributed by atoms with E-state index in [9.17, 15) is 4.79 Å². The van der Waals surface area contributed by atoms with Crippen LogP contribution in [0.1, 0.15) is 44.6 Å². The molecule has 3 aromatic rings. The average Bonchev–Trinajstić information content (AvgIpc) is 3.16. The minimum Gasteiger partial charge on any atom is -0.496 e. The van der Waals surface area contributed by atoms with Gasteiger partial charge in [-0.05, 0) is 77.8 Å². The Morgan fingerprint density at radius 3 is 2.52 bits per heavy atom. The van der Waals surface area contributed by atoms with Gasteiger partial charge in [-0.2, -0.15) is 0 Å². The van der Waals surface area contributed by atoms with E-state index in [1.165, 1.54) is 22.3 Å². The maximum absolute atomic E-state index is 11.0. The van der Waals surface area contributed by atoms with Crippen molar-refractivity contribution in [3.8, 4) is 5.75 Å². The molecule has 146 valence electrons. The monoisotopic (exact) mass is 384 g/mol. The van der Waals surface area contributed by atoms with Crippen LogP contribution >= 0.6 is 0 Å². The maximum atomic E-state index is 11.0. The maximum Gasteiger partial charge on any atom is 0.335 e. The summed E-state index contributed by atoms with van der Waals surface area (Å²) >= 11 is 0. The number of allylic oxidation sites excluding steroid dienone is 1. The Hall–Kier alpha value is -3.33. The SMILES string of the molecule is COc1ccccc1/C=C1\CCc2cccc(CCc3ccc(C(=O)O)cc3)c21. The van der Waals surface area contributed by atoms with Crippen LogP contribution in [0.4, 0.5) is 0 Å². The first kappa shape index (κ1) is 19.0. The van der Waals surface area contributed by atoms with E-state index in [0.717, 1.165) is 42.6 Å². The summed E-state index contributed by atoms with van der Waals surface area (Å²) in [7, 11) is 1.71. The lowest BCUT2D eigenvalue weighted by atomic mass is 9.94. The van der Waals surface area contributed by atoms with Crippen molar-refractivity contribution < 1.29 is 14.6 Å². The Labute approximate surface area is 171 Å². The minimum absolute atomic E-state index is 0.330. The molecule has 0 aliphatic heterocycles. The summed E-state index contributed by atoms with van der Waals surface area (Å²) < 4.78 is 5.52. The van der Waals surface area contributed by atoms with Crippen LogP contribution in [-0.4, -0.2) is 18.2 Å². The van der Waals surface area contributed by atoms with Crippen LogP contribution < -0.4 is 4.74 Å². The zero-order chi connectivity index (χ0) is 20.2. The normalized spacial score (nSPS) is 14.0. The van der Waals surface area contributed by atoms with Crippen LogP contribution in [0.25, 0.3) is 11.6 Å². The summed E-state index contributed by atoms with van der Waals surface area (Å²) in [6.07, 6.45) is 6.18. The summed E-state index contributed by atoms with van der Waals surface area (Å²) in [4.78, 5) is 11.0. The second-order valence-electron chi connectivity index (χ2n) is 7.36. The Kier molecular flexibility index (Phi) is 5.48. The molecule has 0 bridgehead atoms. The number of ether oxygens (including phenoxy) is 1. The molecule has 0 heterocycles. The van der Waals surface area contributed by atoms with Gasteiger partial charge in [-0.3, -0.25) is 0 Å². The van der Waals surface area contributed by atoms with Crippen molar-refractivity contribution in [3.63, 3.8) is 0 Å². The van der Waals surface area contributed by atoms with Crippen molar-refractivity contribution in [1.82, 2.24) is 0 Å². The number of carbonyl (C=O) groups is 1. The zero-order valence-corrected chi connectivity index (χ0v) is 16.5. The lowest BCUT2D eigenvalue weighted by molar-refractivity contribution is 0.0697. The van der Waals surface area contributed by atoms with Crippen molar-refractivity contribution in [2.75, 3.05) is 7.11 Å². The van der Waals surface area contributed by atoms with Gasteiger partial charge in [0.25, 0.3) is 0 Å². The third-order valence-electron chi connectivity index (χ3n) is 5.57. The van der Waals surface area contributed by atoms with E-state index in [1.807, 2.05) is 30.3 Å². The molecule has 29 heavy (non-hydrogen) atoms. The van der Waals surface area contributed by atoms with Gasteiger partial charge in [0.2, 0.25) is 0 Å². The van der Waals surface area contributed by atoms with Crippen molar-refractivity contribution in [2.24, 2.45) is 0 Å². The van der Waals surface area contributed by atoms with Gasteiger partial charge in [-0.15, -0.1) is 0 Å². The van der Waals surface area contributed by atoms with E-state index in [4.69, 9.17) is 9.84 Å². The molecule has 0 radical (unpaired) electrons. The number of hydrogen-bond donors (Lipinski definition) is 1. The van der Waals surface area contributed by atoms with E-state index in [-0.39, 0.29) is 0 Å². The third kappa shape index (κ3) is 4.09. The molecule has 3 heteroatoms. The van der Waals surface area contributed by atoms with Crippen molar-refractivity contribution >= 4 is 17.6 Å². The van der Waals surface area contributed by atoms with Gasteiger partial charge in [-0.1, -0.05) is 48.5 Å². The standard InChI is InChI=1S/C26H24O3/c1-29-24-8-3-2-5-22(24)17-23-16-15-20-7-4-6-19(25(20)23)12-9-18-10-13-21(14-11-18)26(27)28/h2-8,10-11,13-14,17H,9,12,15-16H2,1H3,(H,27,28)/b23-17+. The number of para-hydroxylation sites is 1. The quantitative estimate of drug-likeness (QED) is 0.596. The molecular weight excluding hydrogens is 360 g/mol. The van der Waals surface area contributed by atoms with Gasteiger partial charge < -0.3 is 9.84 Å². The Balaban J connectivity index is 1.60. The highest BCUT2D eigenvalue weighted by molar-refractivity contribution is 5.88. The first-order chi connectivity index (χ1) is 14.2. The predicted molar refractivity (Wildman–Crippen MR) is 116 cm³/mol. The smallest absolute Gasteiger partial charge is 0.335 e. The average molecular weight is 384 g/mol. The zero-order valence-electron chi connectivity index (χ0n) is 16.5. The van der Waals surface area contributed by atoms with E-state index in [2.05, 4.69) is 30.3 Å². The summed E-state index contributed by atoms with van der Waals surface area (Å²) in [6.45, 7) is 0. The van der Waals surface area contributed by atoms with Gasteiger partial charge in [0.05, 0.1) is 12.7 Å². The molecule has 0 unspecified atom stereocenters. The number of aromatic carboxylic acids is 1. The van der Waals surface area contributed by atoms with Crippen molar-refractivity contribution in [2.45, 2.75) is 25.7 Å². The fourth-order valence-electron chi connectivity index (χ4n) is 4.09. The summed E-state index contributed by atoms with van der Waals surface area (Å²) in [5.74, 6) is 0.00741. The fraction of sp³-hybridized carbons (Fsp3) is 0.192. The number of fused-ring (bicyclic) bond motifs is 1. The first-order valence-electron chi connectivity index (χ1n) is 9.92. The number of carboxylic acids is 1. The van der Waals surface area contributed by atoms with Crippen LogP contribution in [0.2, 0.25) is 0 Å². The minimum atomic E-state index is -0.886. The molecule has 3 aromatic carbocycles. The Morgan fingerprint density at radius 2 is 1.76 bits per heavy atom. The van der Waals surface area contributed by atoms with Gasteiger partial charge in [0.15, 0.2) is 0 Å². The molecule has 0 saturated carbocycles. The molecule has 1 aliphatic carbocycles. The Bertz CT molecular complexity index is 1060. The van der Waals surface area contributed by atoms with Gasteiger partial charge in [0, 0.05) is 5.56 Å². The number of carboxylic acid groups (broad SMARTS) is 1. The number of rotatable bonds is 6. The number of hydrogen-bond acceptors (Lipinski definition) is 2. The molecule has 3 nitrogen and oxygen atoms in total. The molecule has 0 spiro atoms. The predicted octanol–water partition coefficient (Wildman–Crippen LogP) is 5.67. The van der Waals surface area contributed by atoms with E-state index < -0.39 is 5.97 Å². The van der Waals surface area contributed by atoms with Gasteiger partial charge in [0.1, 0.15) is 5.75 Å². The molecule has 4 rings (SSSR count). The fourth-order valence-corrected chi connectivity index (χ4v) is 4.09. The highest BCUT2D eigenvalue weighted by atomic mass is 16.5. The van der Waals surface area contributed by atoms with E-state index >= 15 is 0 Å². The van der Waals surface area contributed by atoms with Gasteiger partial charge in [-0.25, -0.2) is 4.79 Å². The highest BCUT2D eigenvalue weighted by Gasteiger charge is 2.20. The highest BCUT2D eigenvalue weighted by Crippen LogP contribution is 2.37. The molecule has 1 aliphatic rings. The topological polar surface area (TPSA) is 46.5 Å². The van der Waals surface area contributed by atoms with Crippen molar-refractivity contribution in [3.05, 3.63) is 100 Å². The third-order valence-corrected chi connectivity index (χ3v) is 5.57. The lowest BCUT2D eigenvalue weighted by Crippen LogP contribution is -1.99. The molecule has 0 aromatic heterocycles. The second kappa shape index (κ2) is 8.36. The Morgan fingerprint density at radius 1 is 0.966 bits per heavy atom. The largest absolute Gasteiger partial charge is 0.496 e. The summed E-state index contributed by atoms with van der Waals surface area (Å²) in [5, 5.41) is 9.06. The molecule has 0 atom stereocenters. The summed E-state index contributed by atoms with van der Waals surface area (Å²) in [5.41, 5.74) is 8.09. The number of methoxy groups -OCH3 is 1. The molecule has 0 fully saturated rings. The van der Waals surface area contributed by atoms with E-state index in [1.54, 1.807) is 19.2 Å². The number of aryl methyl sites for hydroxylation is 3. The first-order valence-corrected chi connectivity index (χ1v) is 9.92. The molecule has 1 N–H and O–H groups in total. The van der Waals surface area contributed by atoms with E-state index in [0.29, 0.717) is 5.56 Å². The molecule has 0 saturated heterocycles. The van der Waals surface area contributed by atoms with Crippen LogP contribution in [0.5, 0.6) is 5.75 Å². The van der Waals surface area contributed by atoms with Crippen LogP contribution in [-0.2, 0) is 19.3 Å². The van der Waals surface area contributed by atoms with Crippen LogP contribution in [0.3, 0.4) is 0 Å². The van der Waals surface area contributed by atoms with Gasteiger partial charge >= 0.3 is 5.97 Å². The summed E-state index contributed by atoms with van der Waals surface area (Å²) in [6, 6.07) is 21.9. The van der Waals surface area contributed by atoms with Crippen LogP contribution in [0, 0.1) is 0 Å². The second-order valence-corrected chi connectivity index (χ2v) is 7.36. The lowest BCUT2D eigenvalue weighted by Gasteiger charge is -2.12. The molecule has 0 amide bonds. The van der Waals surface area contributed by atoms with Crippen molar-refractivity contribution in [1.29, 1.82) is 0 Å².